The van der Waals surface area contributed by atoms with E-state index in [1.807, 2.05) is 11.0 Å². The minimum atomic E-state index is 0.286. The number of hydrogen-bond acceptors (Lipinski definition) is 4. The van der Waals surface area contributed by atoms with E-state index in [-0.39, 0.29) is 5.91 Å². The summed E-state index contributed by atoms with van der Waals surface area (Å²) >= 11 is 1.78. The van der Waals surface area contributed by atoms with Crippen LogP contribution < -0.4 is 0 Å². The summed E-state index contributed by atoms with van der Waals surface area (Å²) in [5, 5.41) is 1.17. The van der Waals surface area contributed by atoms with Crippen molar-refractivity contribution < 1.29 is 4.79 Å². The lowest BCUT2D eigenvalue weighted by atomic mass is 10.2. The van der Waals surface area contributed by atoms with E-state index in [1.165, 1.54) is 9.71 Å². The molecule has 2 aromatic rings. The molecule has 4 nitrogen and oxygen atoms in total. The van der Waals surface area contributed by atoms with Crippen molar-refractivity contribution in [2.75, 3.05) is 26.2 Å². The van der Waals surface area contributed by atoms with Crippen LogP contribution in [0.3, 0.4) is 0 Å². The maximum Gasteiger partial charge on any atom is 0.236 e. The molecule has 0 N–H and O–H groups in total. The Labute approximate surface area is 128 Å². The molecule has 0 spiro atoms. The molecule has 1 aromatic heterocycles. The number of hydrogen-bond donors (Lipinski definition) is 0. The topological polar surface area (TPSA) is 36.4 Å². The molecule has 1 unspecified atom stereocenters. The lowest BCUT2D eigenvalue weighted by Gasteiger charge is -2.33. The molecular weight excluding hydrogens is 282 g/mol. The van der Waals surface area contributed by atoms with Gasteiger partial charge in [-0.25, -0.2) is 4.98 Å². The summed E-state index contributed by atoms with van der Waals surface area (Å²) in [4.78, 5) is 21.3. The second-order valence-electron chi connectivity index (χ2n) is 5.88. The molecule has 3 heterocycles. The Morgan fingerprint density at radius 2 is 2.10 bits per heavy atom. The van der Waals surface area contributed by atoms with Gasteiger partial charge in [-0.3, -0.25) is 9.69 Å². The van der Waals surface area contributed by atoms with Crippen LogP contribution in [0.1, 0.15) is 30.3 Å². The fraction of sp³-hybridized carbons (Fsp3) is 0.500. The second kappa shape index (κ2) is 5.39. The predicted octanol–water partition coefficient (Wildman–Crippen LogP) is 2.67. The zero-order valence-electron chi connectivity index (χ0n) is 12.0. The standard InChI is InChI=1S/C16H19N3OS/c20-15(18-9-4-10-18)11-19-8-3-6-13(19)16-17-12-5-1-2-7-14(12)21-16/h1-2,5,7,13H,3-4,6,8-11H2. The first kappa shape index (κ1) is 13.2. The number of amides is 1. The van der Waals surface area contributed by atoms with E-state index in [0.29, 0.717) is 12.6 Å². The molecule has 1 amide bonds. The van der Waals surface area contributed by atoms with Gasteiger partial charge in [-0.05, 0) is 37.9 Å². The number of para-hydroxylation sites is 1. The highest BCUT2D eigenvalue weighted by atomic mass is 32.1. The molecule has 0 radical (unpaired) electrons. The van der Waals surface area contributed by atoms with E-state index in [2.05, 4.69) is 23.1 Å². The van der Waals surface area contributed by atoms with Crippen molar-refractivity contribution in [3.63, 3.8) is 0 Å². The first-order valence-corrected chi connectivity index (χ1v) is 8.50. The SMILES string of the molecule is O=C(CN1CCCC1c1nc2ccccc2s1)N1CCC1. The van der Waals surface area contributed by atoms with Gasteiger partial charge >= 0.3 is 0 Å². The number of carbonyl (C=O) groups is 1. The van der Waals surface area contributed by atoms with Crippen molar-refractivity contribution >= 4 is 27.5 Å². The Kier molecular flexibility index (Phi) is 3.39. The zero-order chi connectivity index (χ0) is 14.2. The monoisotopic (exact) mass is 301 g/mol. The van der Waals surface area contributed by atoms with Crippen LogP contribution in [0.2, 0.25) is 0 Å². The molecule has 4 rings (SSSR count). The molecule has 0 bridgehead atoms. The highest BCUT2D eigenvalue weighted by molar-refractivity contribution is 7.18. The van der Waals surface area contributed by atoms with Gasteiger partial charge in [0, 0.05) is 13.1 Å². The van der Waals surface area contributed by atoms with E-state index in [1.54, 1.807) is 11.3 Å². The number of likely N-dealkylation sites (tertiary alicyclic amines) is 2. The van der Waals surface area contributed by atoms with Crippen molar-refractivity contribution in [1.29, 1.82) is 0 Å². The van der Waals surface area contributed by atoms with E-state index < -0.39 is 0 Å². The summed E-state index contributed by atoms with van der Waals surface area (Å²) in [6, 6.07) is 8.61. The van der Waals surface area contributed by atoms with Crippen LogP contribution in [-0.2, 0) is 4.79 Å². The van der Waals surface area contributed by atoms with E-state index >= 15 is 0 Å². The Balaban J connectivity index is 1.53. The van der Waals surface area contributed by atoms with Crippen LogP contribution >= 0.6 is 11.3 Å². The van der Waals surface area contributed by atoms with Gasteiger partial charge in [0.05, 0.1) is 22.8 Å². The molecule has 2 aliphatic heterocycles. The van der Waals surface area contributed by atoms with E-state index in [9.17, 15) is 4.79 Å². The smallest absolute Gasteiger partial charge is 0.236 e. The van der Waals surface area contributed by atoms with Crippen LogP contribution in [0, 0.1) is 0 Å². The quantitative estimate of drug-likeness (QED) is 0.874. The largest absolute Gasteiger partial charge is 0.341 e. The van der Waals surface area contributed by atoms with Crippen molar-refractivity contribution in [2.45, 2.75) is 25.3 Å². The fourth-order valence-corrected chi connectivity index (χ4v) is 4.30. The Morgan fingerprint density at radius 1 is 1.24 bits per heavy atom. The molecule has 0 aliphatic carbocycles. The lowest BCUT2D eigenvalue weighted by Crippen LogP contribution is -2.47. The number of rotatable bonds is 3. The zero-order valence-corrected chi connectivity index (χ0v) is 12.8. The van der Waals surface area contributed by atoms with E-state index in [0.717, 1.165) is 44.4 Å². The van der Waals surface area contributed by atoms with Crippen LogP contribution in [0.4, 0.5) is 0 Å². The van der Waals surface area contributed by atoms with Gasteiger partial charge in [0.15, 0.2) is 0 Å². The molecule has 110 valence electrons. The normalized spacial score (nSPS) is 22.7. The number of nitrogens with zero attached hydrogens (tertiary/aromatic N) is 3. The molecule has 2 saturated heterocycles. The lowest BCUT2D eigenvalue weighted by molar-refractivity contribution is -0.136. The van der Waals surface area contributed by atoms with Crippen LogP contribution in [0.25, 0.3) is 10.2 Å². The minimum absolute atomic E-state index is 0.286. The third-order valence-corrected chi connectivity index (χ3v) is 5.64. The first-order valence-electron chi connectivity index (χ1n) is 7.68. The number of carbonyl (C=O) groups excluding carboxylic acids is 1. The van der Waals surface area contributed by atoms with Crippen molar-refractivity contribution in [2.24, 2.45) is 0 Å². The van der Waals surface area contributed by atoms with Crippen molar-refractivity contribution in [3.05, 3.63) is 29.3 Å². The molecule has 1 aromatic carbocycles. The summed E-state index contributed by atoms with van der Waals surface area (Å²) in [7, 11) is 0. The number of thiazole rings is 1. The summed E-state index contributed by atoms with van der Waals surface area (Å²) in [5.41, 5.74) is 1.08. The van der Waals surface area contributed by atoms with Gasteiger partial charge in [-0.2, -0.15) is 0 Å². The molecule has 2 fully saturated rings. The maximum absolute atomic E-state index is 12.2. The van der Waals surface area contributed by atoms with Crippen LogP contribution in [0.5, 0.6) is 0 Å². The van der Waals surface area contributed by atoms with Crippen LogP contribution in [0.15, 0.2) is 24.3 Å². The molecule has 21 heavy (non-hydrogen) atoms. The van der Waals surface area contributed by atoms with E-state index in [4.69, 9.17) is 4.98 Å². The Bertz CT molecular complexity index is 631. The highest BCUT2D eigenvalue weighted by Crippen LogP contribution is 2.36. The minimum Gasteiger partial charge on any atom is -0.341 e. The third-order valence-electron chi connectivity index (χ3n) is 4.51. The number of aromatic nitrogens is 1. The van der Waals surface area contributed by atoms with Gasteiger partial charge in [0.25, 0.3) is 0 Å². The van der Waals surface area contributed by atoms with Crippen molar-refractivity contribution in [1.82, 2.24) is 14.8 Å². The summed E-state index contributed by atoms with van der Waals surface area (Å²) < 4.78 is 1.24. The van der Waals surface area contributed by atoms with Crippen molar-refractivity contribution in [3.8, 4) is 0 Å². The third kappa shape index (κ3) is 2.45. The Hall–Kier alpha value is -1.46. The van der Waals surface area contributed by atoms with Gasteiger partial charge in [-0.15, -0.1) is 11.3 Å². The fourth-order valence-electron chi connectivity index (χ4n) is 3.17. The number of fused-ring (bicyclic) bond motifs is 1. The molecule has 2 aliphatic rings. The summed E-state index contributed by atoms with van der Waals surface area (Å²) in [6.07, 6.45) is 3.44. The average Bonchev–Trinajstić information content (AvgIpc) is 3.01. The van der Waals surface area contributed by atoms with Crippen LogP contribution in [-0.4, -0.2) is 46.9 Å². The Morgan fingerprint density at radius 3 is 2.86 bits per heavy atom. The molecular formula is C16H19N3OS. The summed E-state index contributed by atoms with van der Waals surface area (Å²) in [5.74, 6) is 0.286. The predicted molar refractivity (Wildman–Crippen MR) is 84.4 cm³/mol. The van der Waals surface area contributed by atoms with Gasteiger partial charge < -0.3 is 4.90 Å². The number of benzene rings is 1. The highest BCUT2D eigenvalue weighted by Gasteiger charge is 2.32. The van der Waals surface area contributed by atoms with Gasteiger partial charge in [-0.1, -0.05) is 12.1 Å². The summed E-state index contributed by atoms with van der Waals surface area (Å²) in [6.45, 7) is 3.46. The molecule has 5 heteroatoms. The molecule has 1 atom stereocenters. The van der Waals surface area contributed by atoms with Gasteiger partial charge in [0.1, 0.15) is 5.01 Å². The molecule has 0 saturated carbocycles. The second-order valence-corrected chi connectivity index (χ2v) is 6.94. The first-order chi connectivity index (χ1) is 10.3. The maximum atomic E-state index is 12.2. The average molecular weight is 301 g/mol. The van der Waals surface area contributed by atoms with Gasteiger partial charge in [0.2, 0.25) is 5.91 Å².